The van der Waals surface area contributed by atoms with E-state index in [2.05, 4.69) is 65.8 Å². The van der Waals surface area contributed by atoms with Gasteiger partial charge in [-0.3, -0.25) is 4.99 Å². The molecule has 0 spiro atoms. The first-order chi connectivity index (χ1) is 8.84. The molecule has 0 atom stereocenters. The number of nitrogens with zero attached hydrogens (tertiary/aromatic N) is 1. The summed E-state index contributed by atoms with van der Waals surface area (Å²) >= 11 is 0. The van der Waals surface area contributed by atoms with Gasteiger partial charge >= 0.3 is 0 Å². The molecular formula is C16H16N2. The molecule has 2 nitrogen and oxygen atoms in total. The highest BCUT2D eigenvalue weighted by Gasteiger charge is 2.12. The van der Waals surface area contributed by atoms with Crippen LogP contribution >= 0.6 is 0 Å². The van der Waals surface area contributed by atoms with Crippen molar-refractivity contribution in [3.63, 3.8) is 0 Å². The number of rotatable bonds is 2. The number of benzene rings is 2. The van der Waals surface area contributed by atoms with E-state index in [9.17, 15) is 0 Å². The second kappa shape index (κ2) is 4.65. The monoisotopic (exact) mass is 236 g/mol. The smallest absolute Gasteiger partial charge is 0.129 e. The van der Waals surface area contributed by atoms with Crippen molar-refractivity contribution in [2.45, 2.75) is 6.92 Å². The Balaban J connectivity index is 2.09. The first kappa shape index (κ1) is 11.0. The summed E-state index contributed by atoms with van der Waals surface area (Å²) in [6.07, 6.45) is 0. The molecule has 2 aromatic carbocycles. The number of amidine groups is 1. The largest absolute Gasteiger partial charge is 0.368 e. The van der Waals surface area contributed by atoms with Crippen LogP contribution in [-0.4, -0.2) is 18.9 Å². The van der Waals surface area contributed by atoms with Crippen LogP contribution < -0.4 is 5.32 Å². The lowest BCUT2D eigenvalue weighted by molar-refractivity contribution is 0.960. The maximum atomic E-state index is 4.52. The summed E-state index contributed by atoms with van der Waals surface area (Å²) in [5.74, 6) is 1.02. The molecule has 1 heterocycles. The predicted molar refractivity (Wildman–Crippen MR) is 76.0 cm³/mol. The fourth-order valence-corrected chi connectivity index (χ4v) is 2.25. The Morgan fingerprint density at radius 1 is 0.944 bits per heavy atom. The topological polar surface area (TPSA) is 24.4 Å². The van der Waals surface area contributed by atoms with Gasteiger partial charge in [0.05, 0.1) is 6.54 Å². The molecule has 0 fully saturated rings. The maximum absolute atomic E-state index is 4.52. The maximum Gasteiger partial charge on any atom is 0.129 e. The summed E-state index contributed by atoms with van der Waals surface area (Å²) in [7, 11) is 0. The molecule has 0 saturated carbocycles. The minimum atomic E-state index is 0.873. The lowest BCUT2D eigenvalue weighted by Crippen LogP contribution is -2.20. The van der Waals surface area contributed by atoms with Crippen molar-refractivity contribution in [1.29, 1.82) is 0 Å². The van der Waals surface area contributed by atoms with E-state index in [0.29, 0.717) is 0 Å². The van der Waals surface area contributed by atoms with Crippen molar-refractivity contribution < 1.29 is 0 Å². The van der Waals surface area contributed by atoms with E-state index in [-0.39, 0.29) is 0 Å². The Morgan fingerprint density at radius 2 is 1.67 bits per heavy atom. The van der Waals surface area contributed by atoms with Crippen LogP contribution in [0.3, 0.4) is 0 Å². The van der Waals surface area contributed by atoms with Crippen molar-refractivity contribution in [3.8, 4) is 11.1 Å². The molecule has 1 N–H and O–H groups in total. The summed E-state index contributed by atoms with van der Waals surface area (Å²) < 4.78 is 0. The van der Waals surface area contributed by atoms with Gasteiger partial charge in [0.1, 0.15) is 5.84 Å². The van der Waals surface area contributed by atoms with Gasteiger partial charge in [0.15, 0.2) is 0 Å². The highest BCUT2D eigenvalue weighted by molar-refractivity contribution is 6.05. The van der Waals surface area contributed by atoms with Gasteiger partial charge in [0.2, 0.25) is 0 Å². The van der Waals surface area contributed by atoms with Gasteiger partial charge in [-0.2, -0.15) is 0 Å². The second-order valence-electron chi connectivity index (χ2n) is 4.57. The van der Waals surface area contributed by atoms with Gasteiger partial charge in [-0.05, 0) is 18.1 Å². The second-order valence-corrected chi connectivity index (χ2v) is 4.57. The molecule has 18 heavy (non-hydrogen) atoms. The molecule has 0 amide bonds. The average molecular weight is 236 g/mol. The Morgan fingerprint density at radius 3 is 2.33 bits per heavy atom. The Kier molecular flexibility index (Phi) is 2.85. The van der Waals surface area contributed by atoms with Gasteiger partial charge in [0, 0.05) is 12.1 Å². The molecule has 0 saturated heterocycles. The zero-order chi connectivity index (χ0) is 12.4. The van der Waals surface area contributed by atoms with Gasteiger partial charge in [-0.15, -0.1) is 0 Å². The van der Waals surface area contributed by atoms with E-state index in [1.807, 2.05) is 0 Å². The third-order valence-electron chi connectivity index (χ3n) is 3.22. The molecule has 3 rings (SSSR count). The third kappa shape index (κ3) is 2.02. The minimum Gasteiger partial charge on any atom is -0.368 e. The third-order valence-corrected chi connectivity index (χ3v) is 3.22. The van der Waals surface area contributed by atoms with Gasteiger partial charge < -0.3 is 5.32 Å². The molecule has 0 aliphatic carbocycles. The van der Waals surface area contributed by atoms with Crippen LogP contribution in [0.25, 0.3) is 11.1 Å². The van der Waals surface area contributed by atoms with E-state index >= 15 is 0 Å². The average Bonchev–Trinajstić information content (AvgIpc) is 2.93. The van der Waals surface area contributed by atoms with E-state index in [4.69, 9.17) is 0 Å². The molecule has 2 aromatic rings. The van der Waals surface area contributed by atoms with Crippen molar-refractivity contribution in [2.75, 3.05) is 13.1 Å². The standard InChI is InChI=1S/C16H16N2/c1-12-6-8-13(9-7-12)14-4-2-3-5-15(14)16-17-10-11-18-16/h2-9H,10-11H2,1H3,(H,17,18). The van der Waals surface area contributed by atoms with Gasteiger partial charge in [-0.1, -0.05) is 54.1 Å². The molecule has 1 aliphatic rings. The predicted octanol–water partition coefficient (Wildman–Crippen LogP) is 3.01. The minimum absolute atomic E-state index is 0.873. The summed E-state index contributed by atoms with van der Waals surface area (Å²) in [5.41, 5.74) is 4.96. The Bertz CT molecular complexity index is 582. The Hall–Kier alpha value is -2.09. The van der Waals surface area contributed by atoms with Gasteiger partial charge in [-0.25, -0.2) is 0 Å². The molecule has 2 heteroatoms. The molecular weight excluding hydrogens is 220 g/mol. The van der Waals surface area contributed by atoms with Crippen molar-refractivity contribution in [2.24, 2.45) is 4.99 Å². The van der Waals surface area contributed by atoms with Crippen LogP contribution in [0.4, 0.5) is 0 Å². The van der Waals surface area contributed by atoms with Crippen LogP contribution in [0.2, 0.25) is 0 Å². The summed E-state index contributed by atoms with van der Waals surface area (Å²) in [6, 6.07) is 17.1. The number of hydrogen-bond acceptors (Lipinski definition) is 2. The fraction of sp³-hybridized carbons (Fsp3) is 0.188. The fourth-order valence-electron chi connectivity index (χ4n) is 2.25. The lowest BCUT2D eigenvalue weighted by atomic mass is 9.98. The first-order valence-electron chi connectivity index (χ1n) is 6.29. The number of hydrogen-bond donors (Lipinski definition) is 1. The molecule has 90 valence electrons. The number of aryl methyl sites for hydroxylation is 1. The van der Waals surface area contributed by atoms with E-state index in [0.717, 1.165) is 18.9 Å². The molecule has 0 unspecified atom stereocenters. The summed E-state index contributed by atoms with van der Waals surface area (Å²) in [6.45, 7) is 3.92. The first-order valence-corrected chi connectivity index (χ1v) is 6.29. The van der Waals surface area contributed by atoms with E-state index in [1.165, 1.54) is 22.3 Å². The van der Waals surface area contributed by atoms with Crippen LogP contribution in [0, 0.1) is 6.92 Å². The van der Waals surface area contributed by atoms with Crippen molar-refractivity contribution in [1.82, 2.24) is 5.32 Å². The van der Waals surface area contributed by atoms with Crippen molar-refractivity contribution >= 4 is 5.84 Å². The van der Waals surface area contributed by atoms with E-state index < -0.39 is 0 Å². The van der Waals surface area contributed by atoms with Crippen molar-refractivity contribution in [3.05, 3.63) is 59.7 Å². The van der Waals surface area contributed by atoms with Crippen LogP contribution in [-0.2, 0) is 0 Å². The van der Waals surface area contributed by atoms with Gasteiger partial charge in [0.25, 0.3) is 0 Å². The van der Waals surface area contributed by atoms with E-state index in [1.54, 1.807) is 0 Å². The zero-order valence-corrected chi connectivity index (χ0v) is 10.5. The summed E-state index contributed by atoms with van der Waals surface area (Å²) in [4.78, 5) is 4.52. The molecule has 0 bridgehead atoms. The van der Waals surface area contributed by atoms with Crippen LogP contribution in [0.15, 0.2) is 53.5 Å². The number of aliphatic imine (C=N–C) groups is 1. The number of nitrogens with one attached hydrogen (secondary N) is 1. The van der Waals surface area contributed by atoms with Crippen LogP contribution in [0.5, 0.6) is 0 Å². The Labute approximate surface area is 107 Å². The quantitative estimate of drug-likeness (QED) is 0.851. The van der Waals surface area contributed by atoms with Crippen LogP contribution in [0.1, 0.15) is 11.1 Å². The SMILES string of the molecule is Cc1ccc(-c2ccccc2C2=NCCN2)cc1. The molecule has 1 aliphatic heterocycles. The highest BCUT2D eigenvalue weighted by atomic mass is 15.1. The highest BCUT2D eigenvalue weighted by Crippen LogP contribution is 2.24. The zero-order valence-electron chi connectivity index (χ0n) is 10.5. The molecule has 0 radical (unpaired) electrons. The summed E-state index contributed by atoms with van der Waals surface area (Å²) in [5, 5.41) is 3.34. The lowest BCUT2D eigenvalue weighted by Gasteiger charge is -2.10. The normalized spacial score (nSPS) is 14.2. The molecule has 0 aromatic heterocycles.